The van der Waals surface area contributed by atoms with E-state index in [2.05, 4.69) is 41.1 Å². The monoisotopic (exact) mass is 388 g/mol. The summed E-state index contributed by atoms with van der Waals surface area (Å²) in [4.78, 5) is 12.0. The van der Waals surface area contributed by atoms with Crippen molar-refractivity contribution < 1.29 is 9.53 Å². The van der Waals surface area contributed by atoms with E-state index in [0.717, 1.165) is 48.3 Å². The molecule has 2 aromatic rings. The number of hydrogen-bond acceptors (Lipinski definition) is 3. The molecule has 0 bridgehead atoms. The van der Waals surface area contributed by atoms with Crippen LogP contribution < -0.4 is 0 Å². The fraction of sp³-hybridized carbons (Fsp3) is 0.320. The number of allylic oxidation sites excluding steroid dienone is 4. The van der Waals surface area contributed by atoms with Crippen LogP contribution in [0, 0.1) is 0 Å². The SMILES string of the molecule is CCCCCC(=O)CCc1cccc(COC2=CC=C=C(c3ccn[nH]3)C=C2)c1. The van der Waals surface area contributed by atoms with Gasteiger partial charge in [-0.15, -0.1) is 5.73 Å². The van der Waals surface area contributed by atoms with E-state index in [9.17, 15) is 4.79 Å². The van der Waals surface area contributed by atoms with Crippen molar-refractivity contribution in [2.75, 3.05) is 0 Å². The van der Waals surface area contributed by atoms with Crippen LogP contribution in [0.2, 0.25) is 0 Å². The Morgan fingerprint density at radius 2 is 2.03 bits per heavy atom. The Morgan fingerprint density at radius 1 is 1.14 bits per heavy atom. The van der Waals surface area contributed by atoms with Crippen molar-refractivity contribution in [3.63, 3.8) is 0 Å². The molecule has 4 nitrogen and oxygen atoms in total. The molecule has 0 spiro atoms. The van der Waals surface area contributed by atoms with E-state index in [1.54, 1.807) is 6.20 Å². The number of ether oxygens (including phenoxy) is 1. The van der Waals surface area contributed by atoms with Gasteiger partial charge in [-0.3, -0.25) is 9.89 Å². The van der Waals surface area contributed by atoms with Crippen LogP contribution in [-0.4, -0.2) is 16.0 Å². The molecule has 1 N–H and O–H groups in total. The standard InChI is InChI=1S/C25H28N2O2/c1-2-3-4-10-23(28)14-12-20-7-5-8-21(18-20)19-29-24-11-6-9-22(13-15-24)25-16-17-26-27-25/h5-8,11,13,15-18H,2-4,10,12,14,19H2,1H3,(H,26,27). The van der Waals surface area contributed by atoms with Crippen LogP contribution >= 0.6 is 0 Å². The van der Waals surface area contributed by atoms with Crippen LogP contribution in [0.25, 0.3) is 5.57 Å². The average Bonchev–Trinajstić information content (AvgIpc) is 3.17. The first-order chi connectivity index (χ1) is 14.2. The van der Waals surface area contributed by atoms with Crippen molar-refractivity contribution in [1.82, 2.24) is 10.2 Å². The van der Waals surface area contributed by atoms with E-state index < -0.39 is 0 Å². The summed E-state index contributed by atoms with van der Waals surface area (Å²) in [6, 6.07) is 10.2. The third-order valence-electron chi connectivity index (χ3n) is 4.84. The van der Waals surface area contributed by atoms with Crippen LogP contribution in [0.3, 0.4) is 0 Å². The normalized spacial score (nSPS) is 13.0. The Labute approximate surface area is 172 Å². The maximum Gasteiger partial charge on any atom is 0.133 e. The topological polar surface area (TPSA) is 55.0 Å². The van der Waals surface area contributed by atoms with E-state index in [0.29, 0.717) is 25.2 Å². The smallest absolute Gasteiger partial charge is 0.133 e. The fourth-order valence-electron chi connectivity index (χ4n) is 3.17. The fourth-order valence-corrected chi connectivity index (χ4v) is 3.17. The van der Waals surface area contributed by atoms with Crippen LogP contribution in [0.4, 0.5) is 0 Å². The number of carbonyl (C=O) groups excluding carboxylic acids is 1. The highest BCUT2D eigenvalue weighted by Gasteiger charge is 2.05. The second-order valence-corrected chi connectivity index (χ2v) is 7.20. The second kappa shape index (κ2) is 11.0. The van der Waals surface area contributed by atoms with Gasteiger partial charge in [0.2, 0.25) is 0 Å². The summed E-state index contributed by atoms with van der Waals surface area (Å²) >= 11 is 0. The van der Waals surface area contributed by atoms with Gasteiger partial charge in [-0.25, -0.2) is 0 Å². The number of H-pyrrole nitrogens is 1. The molecule has 29 heavy (non-hydrogen) atoms. The van der Waals surface area contributed by atoms with Gasteiger partial charge in [-0.1, -0.05) is 44.0 Å². The number of aromatic nitrogens is 2. The van der Waals surface area contributed by atoms with Gasteiger partial charge < -0.3 is 4.74 Å². The minimum atomic E-state index is 0.362. The lowest BCUT2D eigenvalue weighted by atomic mass is 10.0. The van der Waals surface area contributed by atoms with E-state index in [1.807, 2.05) is 36.4 Å². The van der Waals surface area contributed by atoms with Gasteiger partial charge in [0, 0.05) is 24.6 Å². The molecular weight excluding hydrogens is 360 g/mol. The lowest BCUT2D eigenvalue weighted by Gasteiger charge is -2.08. The van der Waals surface area contributed by atoms with E-state index >= 15 is 0 Å². The summed E-state index contributed by atoms with van der Waals surface area (Å²) in [6.07, 6.45) is 14.8. The molecule has 1 heterocycles. The highest BCUT2D eigenvalue weighted by molar-refractivity contribution is 5.78. The molecule has 1 aliphatic rings. The zero-order valence-corrected chi connectivity index (χ0v) is 17.0. The summed E-state index contributed by atoms with van der Waals surface area (Å²) in [7, 11) is 0. The number of rotatable bonds is 11. The van der Waals surface area contributed by atoms with Gasteiger partial charge in [0.1, 0.15) is 18.1 Å². The van der Waals surface area contributed by atoms with Crippen molar-refractivity contribution in [3.05, 3.63) is 89.1 Å². The average molecular weight is 389 g/mol. The molecule has 150 valence electrons. The van der Waals surface area contributed by atoms with Gasteiger partial charge in [0.05, 0.1) is 5.69 Å². The molecule has 4 heteroatoms. The highest BCUT2D eigenvalue weighted by atomic mass is 16.5. The summed E-state index contributed by atoms with van der Waals surface area (Å²) in [5.41, 5.74) is 7.35. The predicted molar refractivity (Wildman–Crippen MR) is 116 cm³/mol. The summed E-state index contributed by atoms with van der Waals surface area (Å²) in [5, 5.41) is 6.91. The Morgan fingerprint density at radius 3 is 2.86 bits per heavy atom. The minimum absolute atomic E-state index is 0.362. The third-order valence-corrected chi connectivity index (χ3v) is 4.84. The Bertz CT molecular complexity index is 929. The highest BCUT2D eigenvalue weighted by Crippen LogP contribution is 2.17. The van der Waals surface area contributed by atoms with Gasteiger partial charge >= 0.3 is 0 Å². The summed E-state index contributed by atoms with van der Waals surface area (Å²) in [5.74, 6) is 1.14. The van der Waals surface area contributed by atoms with Gasteiger partial charge in [-0.05, 0) is 54.3 Å². The van der Waals surface area contributed by atoms with E-state index in [1.165, 1.54) is 5.56 Å². The van der Waals surface area contributed by atoms with Gasteiger partial charge in [0.15, 0.2) is 0 Å². The van der Waals surface area contributed by atoms with Crippen LogP contribution in [0.5, 0.6) is 0 Å². The minimum Gasteiger partial charge on any atom is -0.489 e. The largest absolute Gasteiger partial charge is 0.489 e. The lowest BCUT2D eigenvalue weighted by Crippen LogP contribution is -2.01. The molecule has 0 radical (unpaired) electrons. The summed E-state index contributed by atoms with van der Waals surface area (Å²) < 4.78 is 5.96. The molecule has 1 aromatic heterocycles. The molecule has 0 fully saturated rings. The number of aromatic amines is 1. The first-order valence-electron chi connectivity index (χ1n) is 10.3. The van der Waals surface area contributed by atoms with E-state index in [4.69, 9.17) is 4.74 Å². The van der Waals surface area contributed by atoms with Crippen molar-refractivity contribution >= 4 is 11.4 Å². The van der Waals surface area contributed by atoms with Gasteiger partial charge in [-0.2, -0.15) is 5.10 Å². The first kappa shape index (κ1) is 20.6. The number of aryl methyl sites for hydroxylation is 1. The van der Waals surface area contributed by atoms with Crippen molar-refractivity contribution in [1.29, 1.82) is 0 Å². The number of unbranched alkanes of at least 4 members (excludes halogenated alkanes) is 2. The molecule has 1 aliphatic carbocycles. The Kier molecular flexibility index (Phi) is 7.85. The number of benzene rings is 1. The van der Waals surface area contributed by atoms with Crippen LogP contribution in [0.1, 0.15) is 55.8 Å². The summed E-state index contributed by atoms with van der Waals surface area (Å²) in [6.45, 7) is 2.64. The lowest BCUT2D eigenvalue weighted by molar-refractivity contribution is -0.119. The third kappa shape index (κ3) is 6.78. The number of hydrogen-bond donors (Lipinski definition) is 1. The zero-order chi connectivity index (χ0) is 20.3. The van der Waals surface area contributed by atoms with Crippen LogP contribution in [-0.2, 0) is 22.6 Å². The quantitative estimate of drug-likeness (QED) is 0.397. The molecule has 0 amide bonds. The molecule has 0 unspecified atom stereocenters. The molecule has 0 atom stereocenters. The van der Waals surface area contributed by atoms with Crippen LogP contribution in [0.15, 0.2) is 72.3 Å². The molecule has 3 rings (SSSR count). The molecule has 0 saturated carbocycles. The first-order valence-corrected chi connectivity index (χ1v) is 10.3. The van der Waals surface area contributed by atoms with Gasteiger partial charge in [0.25, 0.3) is 0 Å². The Hall–Kier alpha value is -3.10. The zero-order valence-electron chi connectivity index (χ0n) is 17.0. The number of ketones is 1. The molecule has 1 aromatic carbocycles. The number of carbonyl (C=O) groups is 1. The van der Waals surface area contributed by atoms with Crippen molar-refractivity contribution in [2.24, 2.45) is 0 Å². The number of nitrogens with zero attached hydrogens (tertiary/aromatic N) is 1. The predicted octanol–water partition coefficient (Wildman–Crippen LogP) is 5.70. The Balaban J connectivity index is 1.48. The number of Topliss-reactive ketones (excluding diaryl/α,β-unsaturated/α-hetero) is 1. The molecule has 0 aliphatic heterocycles. The molecule has 0 saturated heterocycles. The van der Waals surface area contributed by atoms with E-state index in [-0.39, 0.29) is 0 Å². The number of nitrogens with one attached hydrogen (secondary N) is 1. The second-order valence-electron chi connectivity index (χ2n) is 7.20. The maximum absolute atomic E-state index is 12.0. The molecular formula is C25H28N2O2. The van der Waals surface area contributed by atoms with Crippen molar-refractivity contribution in [2.45, 2.75) is 52.1 Å². The van der Waals surface area contributed by atoms with Crippen molar-refractivity contribution in [3.8, 4) is 0 Å². The maximum atomic E-state index is 12.0.